The molecule has 9 aromatic rings. The number of hydrogen-bond donors (Lipinski definition) is 0. The zero-order valence-corrected chi connectivity index (χ0v) is 48.0. The zero-order chi connectivity index (χ0) is 55.2. The van der Waals surface area contributed by atoms with Crippen LogP contribution in [0.4, 0.5) is 11.4 Å². The zero-order valence-electron chi connectivity index (χ0n) is 48.0. The molecule has 2 amide bonds. The van der Waals surface area contributed by atoms with Gasteiger partial charge in [-0.15, -0.1) is 0 Å². The number of rotatable bonds is 18. The number of hydrogen-bond acceptors (Lipinski definition) is 5. The van der Waals surface area contributed by atoms with E-state index in [0.717, 1.165) is 78.5 Å². The van der Waals surface area contributed by atoms with E-state index >= 15 is 9.59 Å². The van der Waals surface area contributed by atoms with Crippen LogP contribution in [0.1, 0.15) is 187 Å². The molecule has 1 heterocycles. The van der Waals surface area contributed by atoms with Crippen molar-refractivity contribution in [1.82, 2.24) is 0 Å². The molecule has 6 heteroatoms. The van der Waals surface area contributed by atoms with Crippen molar-refractivity contribution in [2.45, 2.75) is 143 Å². The van der Waals surface area contributed by atoms with Crippen molar-refractivity contribution in [3.8, 4) is 34.8 Å². The van der Waals surface area contributed by atoms with Crippen LogP contribution < -0.4 is 19.3 Å². The minimum Gasteiger partial charge on any atom is -0.457 e. The Hall–Kier alpha value is -7.62. The molecule has 0 unspecified atom stereocenters. The van der Waals surface area contributed by atoms with E-state index in [1.54, 1.807) is 0 Å². The second-order valence-corrected chi connectivity index (χ2v) is 23.9. The number of carbonyl (C=O) groups is 2. The Morgan fingerprint density at radius 3 is 1.46 bits per heavy atom. The number of imide groups is 1. The molecule has 0 aliphatic carbocycles. The molecule has 0 fully saturated rings. The highest BCUT2D eigenvalue weighted by Crippen LogP contribution is 2.53. The van der Waals surface area contributed by atoms with E-state index in [0.29, 0.717) is 45.2 Å². The first-order valence-corrected chi connectivity index (χ1v) is 28.5. The summed E-state index contributed by atoms with van der Waals surface area (Å²) in [6, 6.07) is 45.8. The maximum atomic E-state index is 15.9. The summed E-state index contributed by atoms with van der Waals surface area (Å²) in [7, 11) is 4.07. The molecular weight excluding hydrogens is 957 g/mol. The van der Waals surface area contributed by atoms with Gasteiger partial charge in [0, 0.05) is 52.5 Å². The van der Waals surface area contributed by atoms with E-state index in [4.69, 9.17) is 9.47 Å². The van der Waals surface area contributed by atoms with E-state index in [9.17, 15) is 0 Å². The number of ether oxygens (including phenoxy) is 2. The predicted molar refractivity (Wildman–Crippen MR) is 328 cm³/mol. The number of carbonyl (C=O) groups excluding carboxylic acids is 2. The van der Waals surface area contributed by atoms with Crippen LogP contribution in [0.2, 0.25) is 0 Å². The lowest BCUT2D eigenvalue weighted by Gasteiger charge is -2.33. The number of para-hydroxylation sites is 1. The maximum Gasteiger partial charge on any atom is 0.266 e. The fourth-order valence-corrected chi connectivity index (χ4v) is 12.0. The molecule has 0 spiro atoms. The van der Waals surface area contributed by atoms with Gasteiger partial charge in [0.05, 0.1) is 16.8 Å². The molecule has 6 nitrogen and oxygen atoms in total. The SMILES string of the molecule is CCCCCC(C)(C)c1ccc(Oc2cc3c4c(cc(Oc5ccc(C(C)(C)CCCCC)cc5)c5c6ccc(C#Cc7ccc(N(C)C)cc7)c7cccc(c2c45)c76)C(=O)N(c2c(C(C)C)cccc2C(C)C)C3=O)cc1. The van der Waals surface area contributed by atoms with E-state index in [1.807, 2.05) is 44.4 Å². The molecular formula is C72H76N2O4. The van der Waals surface area contributed by atoms with Gasteiger partial charge in [0.1, 0.15) is 23.0 Å². The topological polar surface area (TPSA) is 59.1 Å². The maximum absolute atomic E-state index is 15.9. The Bertz CT molecular complexity index is 3610. The minimum atomic E-state index is -0.381. The third-order valence-corrected chi connectivity index (χ3v) is 16.6. The van der Waals surface area contributed by atoms with Crippen LogP contribution in [-0.4, -0.2) is 25.9 Å². The number of unbranched alkanes of at least 4 members (excludes halogenated alkanes) is 4. The van der Waals surface area contributed by atoms with Crippen molar-refractivity contribution in [1.29, 1.82) is 0 Å². The summed E-state index contributed by atoms with van der Waals surface area (Å²) in [4.78, 5) is 35.2. The van der Waals surface area contributed by atoms with Gasteiger partial charge in [-0.05, 0) is 146 Å². The summed E-state index contributed by atoms with van der Waals surface area (Å²) in [6.07, 6.45) is 9.28. The summed E-state index contributed by atoms with van der Waals surface area (Å²) < 4.78 is 14.5. The van der Waals surface area contributed by atoms with E-state index in [2.05, 4.69) is 189 Å². The van der Waals surface area contributed by atoms with Gasteiger partial charge in [0.15, 0.2) is 0 Å². The normalized spacial score (nSPS) is 12.9. The molecule has 0 radical (unpaired) electrons. The fraction of sp³-hybridized carbons (Fsp3) is 0.333. The van der Waals surface area contributed by atoms with Crippen LogP contribution in [-0.2, 0) is 10.8 Å². The van der Waals surface area contributed by atoms with E-state index < -0.39 is 0 Å². The highest BCUT2D eigenvalue weighted by Gasteiger charge is 2.40. The molecule has 0 atom stereocenters. The summed E-state index contributed by atoms with van der Waals surface area (Å²) in [5, 5.41) is 6.77. The summed E-state index contributed by atoms with van der Waals surface area (Å²) in [5.41, 5.74) is 8.70. The number of fused-ring (bicyclic) bond motifs is 2. The van der Waals surface area contributed by atoms with Gasteiger partial charge < -0.3 is 14.4 Å². The predicted octanol–water partition coefficient (Wildman–Crippen LogP) is 19.6. The monoisotopic (exact) mass is 1030 g/mol. The number of anilines is 2. The molecule has 1 aliphatic heterocycles. The third-order valence-electron chi connectivity index (χ3n) is 16.6. The van der Waals surface area contributed by atoms with Gasteiger partial charge in [0.25, 0.3) is 11.8 Å². The standard InChI is InChI=1S/C72H76N2O4/c1-13-15-17-41-71(7,8)49-30-36-52(37-31-49)77-61-43-59-64-60(70(76)74(69(59)75)68-54(45(3)4)21-19-22-55(68)46(5)6)44-62(78-53-38-32-50(33-39-53)72(9,10)42-18-16-14-2)66-58-40-29-48(28-25-47-26-34-51(35-27-47)73(11)12)56-23-20-24-57(63(56)58)65(61)67(64)66/h19-24,26-27,29-40,43-46H,13-18,41-42H2,1-12H3. The minimum absolute atomic E-state index is 0.0150. The fourth-order valence-electron chi connectivity index (χ4n) is 12.0. The Labute approximate surface area is 463 Å². The van der Waals surface area contributed by atoms with Crippen LogP contribution in [0.15, 0.2) is 133 Å². The quantitative estimate of drug-likeness (QED) is 0.0282. The van der Waals surface area contributed by atoms with Crippen LogP contribution in [0.25, 0.3) is 43.1 Å². The Morgan fingerprint density at radius 2 is 0.987 bits per heavy atom. The summed E-state index contributed by atoms with van der Waals surface area (Å²) in [5.74, 6) is 8.65. The van der Waals surface area contributed by atoms with Crippen molar-refractivity contribution >= 4 is 66.3 Å². The first-order valence-electron chi connectivity index (χ1n) is 28.5. The molecule has 9 aromatic carbocycles. The highest BCUT2D eigenvalue weighted by atomic mass is 16.5. The van der Waals surface area contributed by atoms with Crippen LogP contribution in [0, 0.1) is 11.8 Å². The first-order chi connectivity index (χ1) is 37.4. The second-order valence-electron chi connectivity index (χ2n) is 23.9. The van der Waals surface area contributed by atoms with Crippen molar-refractivity contribution in [3.05, 3.63) is 178 Å². The van der Waals surface area contributed by atoms with Gasteiger partial charge in [0.2, 0.25) is 0 Å². The van der Waals surface area contributed by atoms with Crippen LogP contribution in [0.5, 0.6) is 23.0 Å². The van der Waals surface area contributed by atoms with Crippen molar-refractivity contribution < 1.29 is 19.1 Å². The van der Waals surface area contributed by atoms with Gasteiger partial charge in [-0.2, -0.15) is 0 Å². The molecule has 0 N–H and O–H groups in total. The van der Waals surface area contributed by atoms with Gasteiger partial charge in [-0.25, -0.2) is 4.90 Å². The lowest BCUT2D eigenvalue weighted by Crippen LogP contribution is -2.42. The van der Waals surface area contributed by atoms with Crippen molar-refractivity contribution in [2.75, 3.05) is 23.9 Å². The number of nitrogens with zero attached hydrogens (tertiary/aromatic N) is 2. The third kappa shape index (κ3) is 9.98. The second kappa shape index (κ2) is 21.7. The lowest BCUT2D eigenvalue weighted by atomic mass is 9.80. The van der Waals surface area contributed by atoms with E-state index in [1.165, 1.54) is 54.6 Å². The van der Waals surface area contributed by atoms with Gasteiger partial charge in [-0.3, -0.25) is 9.59 Å². The molecule has 1 aliphatic rings. The Kier molecular flexibility index (Phi) is 14.9. The molecule has 0 saturated heterocycles. The smallest absolute Gasteiger partial charge is 0.266 e. The molecule has 398 valence electrons. The van der Waals surface area contributed by atoms with Crippen molar-refractivity contribution in [2.24, 2.45) is 0 Å². The summed E-state index contributed by atoms with van der Waals surface area (Å²) in [6.45, 7) is 22.2. The molecule has 0 bridgehead atoms. The molecule has 10 rings (SSSR count). The largest absolute Gasteiger partial charge is 0.457 e. The lowest BCUT2D eigenvalue weighted by molar-refractivity contribution is 0.0892. The average molecular weight is 1030 g/mol. The summed E-state index contributed by atoms with van der Waals surface area (Å²) >= 11 is 0. The average Bonchev–Trinajstić information content (AvgIpc) is 2.67. The van der Waals surface area contributed by atoms with Crippen LogP contribution >= 0.6 is 0 Å². The first kappa shape index (κ1) is 53.8. The highest BCUT2D eigenvalue weighted by molar-refractivity contribution is 6.44. The van der Waals surface area contributed by atoms with Gasteiger partial charge in [-0.1, -0.05) is 186 Å². The van der Waals surface area contributed by atoms with Crippen LogP contribution in [0.3, 0.4) is 0 Å². The number of benzene rings is 9. The van der Waals surface area contributed by atoms with E-state index in [-0.39, 0.29) is 34.5 Å². The number of amides is 2. The molecule has 0 aromatic heterocycles. The van der Waals surface area contributed by atoms with Gasteiger partial charge >= 0.3 is 0 Å². The Morgan fingerprint density at radius 1 is 0.513 bits per heavy atom. The molecule has 0 saturated carbocycles. The molecule has 78 heavy (non-hydrogen) atoms. The van der Waals surface area contributed by atoms with Crippen molar-refractivity contribution in [3.63, 3.8) is 0 Å². The Balaban J connectivity index is 1.26.